The van der Waals surface area contributed by atoms with Crippen LogP contribution in [0.5, 0.6) is 0 Å². The molecule has 0 saturated carbocycles. The smallest absolute Gasteiger partial charge is 0.407 e. The zero-order valence-electron chi connectivity index (χ0n) is 18.7. The van der Waals surface area contributed by atoms with Gasteiger partial charge >= 0.3 is 12.1 Å². The van der Waals surface area contributed by atoms with Gasteiger partial charge in [-0.3, -0.25) is 0 Å². The fourth-order valence-electron chi connectivity index (χ4n) is 4.65. The Hall–Kier alpha value is -3.22. The van der Waals surface area contributed by atoms with Crippen LogP contribution >= 0.6 is 0 Å². The molecule has 170 valence electrons. The number of nitrogens with one attached hydrogen (secondary N) is 1. The number of benzene rings is 2. The maximum absolute atomic E-state index is 13.0. The van der Waals surface area contributed by atoms with Gasteiger partial charge in [0.25, 0.3) is 0 Å². The molecule has 0 radical (unpaired) electrons. The molecule has 2 aliphatic rings. The van der Waals surface area contributed by atoms with Gasteiger partial charge in [-0.2, -0.15) is 0 Å². The lowest BCUT2D eigenvalue weighted by molar-refractivity contribution is 0.148. The van der Waals surface area contributed by atoms with Crippen LogP contribution in [-0.4, -0.2) is 66.3 Å². The molecule has 2 fully saturated rings. The summed E-state index contributed by atoms with van der Waals surface area (Å²) in [5, 5.41) is 12.4. The van der Waals surface area contributed by atoms with Crippen molar-refractivity contribution in [3.8, 4) is 0 Å². The number of carbonyl (C=O) groups is 2. The highest BCUT2D eigenvalue weighted by atomic mass is 16.4. The first-order valence-electron chi connectivity index (χ1n) is 11.5. The van der Waals surface area contributed by atoms with Crippen molar-refractivity contribution >= 4 is 23.5 Å². The molecule has 0 unspecified atom stereocenters. The summed E-state index contributed by atoms with van der Waals surface area (Å²) in [6.45, 7) is 5.95. The van der Waals surface area contributed by atoms with Crippen LogP contribution in [0, 0.1) is 6.92 Å². The van der Waals surface area contributed by atoms with Crippen LogP contribution in [0.4, 0.5) is 21.0 Å². The molecule has 2 aliphatic heterocycles. The van der Waals surface area contributed by atoms with E-state index < -0.39 is 6.09 Å². The lowest BCUT2D eigenvalue weighted by Gasteiger charge is -2.33. The zero-order chi connectivity index (χ0) is 22.5. The Balaban J connectivity index is 1.37. The van der Waals surface area contributed by atoms with Gasteiger partial charge in [-0.1, -0.05) is 42.0 Å². The largest absolute Gasteiger partial charge is 0.465 e. The molecule has 0 aliphatic carbocycles. The van der Waals surface area contributed by atoms with E-state index in [1.54, 1.807) is 0 Å². The molecule has 2 aromatic carbocycles. The third-order valence-corrected chi connectivity index (χ3v) is 6.58. The highest BCUT2D eigenvalue weighted by Gasteiger charge is 2.25. The van der Waals surface area contributed by atoms with Gasteiger partial charge in [0.15, 0.2) is 0 Å². The van der Waals surface area contributed by atoms with Gasteiger partial charge in [-0.05, 0) is 49.8 Å². The number of anilines is 2. The number of hydrogen-bond acceptors (Lipinski definition) is 3. The summed E-state index contributed by atoms with van der Waals surface area (Å²) in [5.74, 6) is 0.501. The molecule has 0 bridgehead atoms. The maximum Gasteiger partial charge on any atom is 0.407 e. The van der Waals surface area contributed by atoms with E-state index in [4.69, 9.17) is 0 Å². The van der Waals surface area contributed by atoms with E-state index in [1.807, 2.05) is 29.2 Å². The quantitative estimate of drug-likeness (QED) is 0.738. The molecule has 2 aromatic rings. The second-order valence-corrected chi connectivity index (χ2v) is 8.73. The minimum atomic E-state index is -0.873. The van der Waals surface area contributed by atoms with Crippen molar-refractivity contribution in [2.24, 2.45) is 0 Å². The van der Waals surface area contributed by atoms with Gasteiger partial charge in [0, 0.05) is 39.3 Å². The summed E-state index contributed by atoms with van der Waals surface area (Å²) in [4.78, 5) is 29.8. The Morgan fingerprint density at radius 1 is 0.875 bits per heavy atom. The Labute approximate surface area is 189 Å². The average molecular weight is 437 g/mol. The van der Waals surface area contributed by atoms with Crippen molar-refractivity contribution in [2.45, 2.75) is 32.1 Å². The molecular formula is C25H32N4O3. The number of aryl methyl sites for hydroxylation is 1. The maximum atomic E-state index is 13.0. The summed E-state index contributed by atoms with van der Waals surface area (Å²) in [5.41, 5.74) is 4.35. The Bertz CT molecular complexity index is 938. The number of hydrogen-bond donors (Lipinski definition) is 2. The lowest BCUT2D eigenvalue weighted by Crippen LogP contribution is -2.41. The monoisotopic (exact) mass is 436 g/mol. The molecule has 7 heteroatoms. The zero-order valence-corrected chi connectivity index (χ0v) is 18.7. The van der Waals surface area contributed by atoms with Crippen molar-refractivity contribution in [3.63, 3.8) is 0 Å². The van der Waals surface area contributed by atoms with E-state index in [0.717, 1.165) is 50.3 Å². The number of rotatable bonds is 3. The Kier molecular flexibility index (Phi) is 6.83. The Morgan fingerprint density at radius 3 is 2.31 bits per heavy atom. The SMILES string of the molecule is Cc1ccc(C2CCN(C(=O)Nc3ccccc3N3CCCN(C(=O)O)CC3)CC2)cc1. The van der Waals surface area contributed by atoms with Crippen LogP contribution < -0.4 is 10.2 Å². The first-order chi connectivity index (χ1) is 15.5. The van der Waals surface area contributed by atoms with Gasteiger partial charge in [0.1, 0.15) is 0 Å². The third-order valence-electron chi connectivity index (χ3n) is 6.58. The summed E-state index contributed by atoms with van der Waals surface area (Å²) in [6, 6.07) is 16.5. The van der Waals surface area contributed by atoms with E-state index in [2.05, 4.69) is 41.4 Å². The molecule has 2 saturated heterocycles. The van der Waals surface area contributed by atoms with Crippen molar-refractivity contribution in [1.82, 2.24) is 9.80 Å². The van der Waals surface area contributed by atoms with Crippen LogP contribution in [0.25, 0.3) is 0 Å². The fraction of sp³-hybridized carbons (Fsp3) is 0.440. The van der Waals surface area contributed by atoms with Crippen molar-refractivity contribution in [3.05, 3.63) is 59.7 Å². The van der Waals surface area contributed by atoms with Crippen LogP contribution in [0.2, 0.25) is 0 Å². The fourth-order valence-corrected chi connectivity index (χ4v) is 4.65. The number of para-hydroxylation sites is 2. The number of amides is 3. The van der Waals surface area contributed by atoms with Crippen LogP contribution in [0.15, 0.2) is 48.5 Å². The molecule has 32 heavy (non-hydrogen) atoms. The standard InChI is InChI=1S/C25H32N4O3/c1-19-7-9-20(10-8-19)21-11-15-28(16-12-21)24(30)26-22-5-2-3-6-23(22)27-13-4-14-29(18-17-27)25(31)32/h2-3,5-10,21H,4,11-18H2,1H3,(H,26,30)(H,31,32). The second-order valence-electron chi connectivity index (χ2n) is 8.73. The molecular weight excluding hydrogens is 404 g/mol. The van der Waals surface area contributed by atoms with E-state index in [0.29, 0.717) is 25.6 Å². The molecule has 0 atom stereocenters. The number of carbonyl (C=O) groups excluding carboxylic acids is 1. The molecule has 0 spiro atoms. The Morgan fingerprint density at radius 2 is 1.59 bits per heavy atom. The van der Waals surface area contributed by atoms with Crippen LogP contribution in [-0.2, 0) is 0 Å². The number of nitrogens with zero attached hydrogens (tertiary/aromatic N) is 3. The van der Waals surface area contributed by atoms with Crippen LogP contribution in [0.3, 0.4) is 0 Å². The van der Waals surface area contributed by atoms with Crippen molar-refractivity contribution < 1.29 is 14.7 Å². The molecule has 7 nitrogen and oxygen atoms in total. The van der Waals surface area contributed by atoms with Crippen molar-refractivity contribution in [2.75, 3.05) is 49.5 Å². The number of likely N-dealkylation sites (tertiary alicyclic amines) is 1. The predicted molar refractivity (Wildman–Crippen MR) is 127 cm³/mol. The van der Waals surface area contributed by atoms with E-state index in [1.165, 1.54) is 16.0 Å². The average Bonchev–Trinajstić information content (AvgIpc) is 3.07. The third kappa shape index (κ3) is 5.15. The second kappa shape index (κ2) is 9.94. The molecule has 2 N–H and O–H groups in total. The summed E-state index contributed by atoms with van der Waals surface area (Å²) < 4.78 is 0. The van der Waals surface area contributed by atoms with E-state index in [-0.39, 0.29) is 6.03 Å². The lowest BCUT2D eigenvalue weighted by atomic mass is 9.89. The van der Waals surface area contributed by atoms with Gasteiger partial charge in [0.05, 0.1) is 11.4 Å². The highest BCUT2D eigenvalue weighted by molar-refractivity contribution is 5.93. The summed E-state index contributed by atoms with van der Waals surface area (Å²) in [7, 11) is 0. The van der Waals surface area contributed by atoms with E-state index in [9.17, 15) is 14.7 Å². The summed E-state index contributed by atoms with van der Waals surface area (Å²) >= 11 is 0. The van der Waals surface area contributed by atoms with Crippen molar-refractivity contribution in [1.29, 1.82) is 0 Å². The summed E-state index contributed by atoms with van der Waals surface area (Å²) in [6.07, 6.45) is 1.83. The predicted octanol–water partition coefficient (Wildman–Crippen LogP) is 4.60. The minimum Gasteiger partial charge on any atom is -0.465 e. The van der Waals surface area contributed by atoms with Gasteiger partial charge < -0.3 is 25.1 Å². The van der Waals surface area contributed by atoms with Gasteiger partial charge in [-0.15, -0.1) is 0 Å². The van der Waals surface area contributed by atoms with E-state index >= 15 is 0 Å². The number of urea groups is 1. The first-order valence-corrected chi connectivity index (χ1v) is 11.5. The number of carboxylic acid groups (broad SMARTS) is 1. The topological polar surface area (TPSA) is 76.1 Å². The number of piperidine rings is 1. The van der Waals surface area contributed by atoms with Gasteiger partial charge in [0.2, 0.25) is 0 Å². The molecule has 4 rings (SSSR count). The van der Waals surface area contributed by atoms with Crippen LogP contribution in [0.1, 0.15) is 36.3 Å². The van der Waals surface area contributed by atoms with Gasteiger partial charge in [-0.25, -0.2) is 9.59 Å². The minimum absolute atomic E-state index is 0.0678. The molecule has 3 amide bonds. The molecule has 0 aromatic heterocycles. The highest BCUT2D eigenvalue weighted by Crippen LogP contribution is 2.30. The normalized spacial score (nSPS) is 17.7. The molecule has 2 heterocycles. The first kappa shape index (κ1) is 22.0.